The van der Waals surface area contributed by atoms with E-state index in [9.17, 15) is 9.59 Å². The molecule has 1 atom stereocenters. The lowest BCUT2D eigenvalue weighted by Crippen LogP contribution is -2.40. The van der Waals surface area contributed by atoms with Crippen LogP contribution in [0, 0.1) is 5.92 Å². The van der Waals surface area contributed by atoms with Crippen molar-refractivity contribution in [2.75, 3.05) is 7.05 Å². The third kappa shape index (κ3) is 5.31. The van der Waals surface area contributed by atoms with Crippen LogP contribution in [0.2, 0.25) is 0 Å². The van der Waals surface area contributed by atoms with Crippen LogP contribution in [0.1, 0.15) is 45.4 Å². The van der Waals surface area contributed by atoms with E-state index < -0.39 is 0 Å². The van der Waals surface area contributed by atoms with Crippen molar-refractivity contribution in [3.8, 4) is 0 Å². The monoisotopic (exact) mass is 253 g/mol. The van der Waals surface area contributed by atoms with Crippen molar-refractivity contribution >= 4 is 11.8 Å². The van der Waals surface area contributed by atoms with Crippen molar-refractivity contribution in [3.05, 3.63) is 11.8 Å². The van der Waals surface area contributed by atoms with Crippen LogP contribution in [-0.4, -0.2) is 18.9 Å². The van der Waals surface area contributed by atoms with Crippen molar-refractivity contribution in [1.29, 1.82) is 0 Å². The zero-order chi connectivity index (χ0) is 13.4. The summed E-state index contributed by atoms with van der Waals surface area (Å²) in [7, 11) is 1.83. The van der Waals surface area contributed by atoms with Crippen LogP contribution in [0.25, 0.3) is 0 Å². The second-order valence-corrected chi connectivity index (χ2v) is 4.78. The van der Waals surface area contributed by atoms with E-state index in [1.807, 2.05) is 13.2 Å². The molecule has 0 spiro atoms. The molecule has 0 saturated carbocycles. The molecule has 0 aromatic heterocycles. The van der Waals surface area contributed by atoms with Gasteiger partial charge in [0.15, 0.2) is 0 Å². The predicted octanol–water partition coefficient (Wildman–Crippen LogP) is 1.23. The smallest absolute Gasteiger partial charge is 0.229 e. The molecule has 0 aliphatic carbocycles. The first kappa shape index (κ1) is 14.7. The van der Waals surface area contributed by atoms with Gasteiger partial charge in [0.25, 0.3) is 0 Å². The lowest BCUT2D eigenvalue weighted by Gasteiger charge is -2.20. The zero-order valence-electron chi connectivity index (χ0n) is 11.2. The summed E-state index contributed by atoms with van der Waals surface area (Å²) >= 11 is 0. The normalized spacial score (nSPS) is 20.8. The van der Waals surface area contributed by atoms with E-state index in [0.29, 0.717) is 12.8 Å². The number of imide groups is 1. The summed E-state index contributed by atoms with van der Waals surface area (Å²) in [6.45, 7) is 2.08. The summed E-state index contributed by atoms with van der Waals surface area (Å²) in [5, 5.41) is 2.40. The number of piperidine rings is 1. The van der Waals surface area contributed by atoms with Crippen molar-refractivity contribution in [1.82, 2.24) is 16.2 Å². The number of unbranched alkanes of at least 4 members (excludes halogenated alkanes) is 1. The van der Waals surface area contributed by atoms with E-state index >= 15 is 0 Å². The maximum atomic E-state index is 11.5. The standard InChI is InChI=1S/C13H23N3O2/c1-10(9-15-14-2)5-3-4-6-11-7-8-12(17)16-13(11)18/h9,11,14-15H,3-8H2,1-2H3,(H,16,17,18)/b10-9+. The molecule has 1 unspecified atom stereocenters. The number of rotatable bonds is 7. The second kappa shape index (κ2) is 7.87. The summed E-state index contributed by atoms with van der Waals surface area (Å²) in [5.74, 6) is -0.189. The van der Waals surface area contributed by atoms with Crippen molar-refractivity contribution in [2.45, 2.75) is 45.4 Å². The zero-order valence-corrected chi connectivity index (χ0v) is 11.2. The first-order valence-electron chi connectivity index (χ1n) is 6.55. The summed E-state index contributed by atoms with van der Waals surface area (Å²) in [4.78, 5) is 22.5. The molecule has 0 radical (unpaired) electrons. The topological polar surface area (TPSA) is 70.2 Å². The van der Waals surface area contributed by atoms with Gasteiger partial charge in [0, 0.05) is 25.6 Å². The number of nitrogens with one attached hydrogen (secondary N) is 3. The highest BCUT2D eigenvalue weighted by atomic mass is 16.2. The van der Waals surface area contributed by atoms with Gasteiger partial charge in [0.05, 0.1) is 0 Å². The molecular weight excluding hydrogens is 230 g/mol. The number of amides is 2. The van der Waals surface area contributed by atoms with Gasteiger partial charge in [-0.2, -0.15) is 0 Å². The second-order valence-electron chi connectivity index (χ2n) is 4.78. The van der Waals surface area contributed by atoms with Gasteiger partial charge >= 0.3 is 0 Å². The van der Waals surface area contributed by atoms with E-state index in [-0.39, 0.29) is 17.7 Å². The third-order valence-corrected chi connectivity index (χ3v) is 3.19. The van der Waals surface area contributed by atoms with Crippen LogP contribution in [0.3, 0.4) is 0 Å². The molecule has 0 bridgehead atoms. The summed E-state index contributed by atoms with van der Waals surface area (Å²) < 4.78 is 0. The van der Waals surface area contributed by atoms with E-state index in [0.717, 1.165) is 25.7 Å². The molecular formula is C13H23N3O2. The molecule has 1 saturated heterocycles. The summed E-state index contributed by atoms with van der Waals surface area (Å²) in [6.07, 6.45) is 7.16. The maximum absolute atomic E-state index is 11.5. The molecule has 0 aromatic carbocycles. The van der Waals surface area contributed by atoms with Gasteiger partial charge in [-0.3, -0.25) is 14.9 Å². The fourth-order valence-electron chi connectivity index (χ4n) is 2.08. The van der Waals surface area contributed by atoms with Gasteiger partial charge in [0.1, 0.15) is 0 Å². The average molecular weight is 253 g/mol. The lowest BCUT2D eigenvalue weighted by atomic mass is 9.92. The highest BCUT2D eigenvalue weighted by Crippen LogP contribution is 2.20. The van der Waals surface area contributed by atoms with Gasteiger partial charge in [-0.25, -0.2) is 5.43 Å². The molecule has 1 heterocycles. The number of allylic oxidation sites excluding steroid dienone is 1. The number of hydrazine groups is 1. The van der Waals surface area contributed by atoms with Crippen LogP contribution < -0.4 is 16.2 Å². The fourth-order valence-corrected chi connectivity index (χ4v) is 2.08. The summed E-state index contributed by atoms with van der Waals surface area (Å²) in [6, 6.07) is 0. The van der Waals surface area contributed by atoms with Crippen molar-refractivity contribution in [2.24, 2.45) is 5.92 Å². The minimum Gasteiger partial charge on any atom is -0.329 e. The number of hydrogen-bond acceptors (Lipinski definition) is 4. The first-order valence-corrected chi connectivity index (χ1v) is 6.55. The molecule has 1 aliphatic heterocycles. The molecule has 5 nitrogen and oxygen atoms in total. The minimum atomic E-state index is -0.131. The average Bonchev–Trinajstić information content (AvgIpc) is 2.34. The van der Waals surface area contributed by atoms with Gasteiger partial charge in [-0.1, -0.05) is 12.0 Å². The Kier molecular flexibility index (Phi) is 6.43. The molecule has 3 N–H and O–H groups in total. The quantitative estimate of drug-likeness (QED) is 0.362. The molecule has 1 aliphatic rings. The molecule has 1 fully saturated rings. The van der Waals surface area contributed by atoms with Crippen LogP contribution in [0.15, 0.2) is 11.8 Å². The van der Waals surface area contributed by atoms with E-state index in [2.05, 4.69) is 23.1 Å². The van der Waals surface area contributed by atoms with Crippen LogP contribution in [-0.2, 0) is 9.59 Å². The highest BCUT2D eigenvalue weighted by molar-refractivity contribution is 5.98. The highest BCUT2D eigenvalue weighted by Gasteiger charge is 2.25. The molecule has 1 rings (SSSR count). The largest absolute Gasteiger partial charge is 0.329 e. The molecule has 0 aromatic rings. The van der Waals surface area contributed by atoms with Crippen LogP contribution in [0.5, 0.6) is 0 Å². The van der Waals surface area contributed by atoms with Gasteiger partial charge in [-0.15, -0.1) is 0 Å². The Labute approximate surface area is 108 Å². The Morgan fingerprint density at radius 3 is 2.89 bits per heavy atom. The molecule has 5 heteroatoms. The molecule has 102 valence electrons. The molecule has 18 heavy (non-hydrogen) atoms. The number of carbonyl (C=O) groups excluding carboxylic acids is 2. The molecule has 2 amide bonds. The van der Waals surface area contributed by atoms with Crippen molar-refractivity contribution < 1.29 is 9.59 Å². The Bertz CT molecular complexity index is 326. The Balaban J connectivity index is 2.14. The van der Waals surface area contributed by atoms with Crippen LogP contribution >= 0.6 is 0 Å². The number of hydrogen-bond donors (Lipinski definition) is 3. The predicted molar refractivity (Wildman–Crippen MR) is 70.3 cm³/mol. The Hall–Kier alpha value is -1.36. The summed E-state index contributed by atoms with van der Waals surface area (Å²) in [5.41, 5.74) is 7.06. The van der Waals surface area contributed by atoms with E-state index in [1.165, 1.54) is 5.57 Å². The van der Waals surface area contributed by atoms with Gasteiger partial charge < -0.3 is 5.43 Å². The minimum absolute atomic E-state index is 0.0300. The SMILES string of the molecule is CNN/C=C(\C)CCCCC1CCC(=O)NC1=O. The Morgan fingerprint density at radius 1 is 1.44 bits per heavy atom. The van der Waals surface area contributed by atoms with Crippen molar-refractivity contribution in [3.63, 3.8) is 0 Å². The first-order chi connectivity index (χ1) is 8.63. The Morgan fingerprint density at radius 2 is 2.22 bits per heavy atom. The maximum Gasteiger partial charge on any atom is 0.229 e. The third-order valence-electron chi connectivity index (χ3n) is 3.19. The van der Waals surface area contributed by atoms with Gasteiger partial charge in [-0.05, 0) is 32.6 Å². The number of carbonyl (C=O) groups is 2. The lowest BCUT2D eigenvalue weighted by molar-refractivity contribution is -0.136. The van der Waals surface area contributed by atoms with Gasteiger partial charge in [0.2, 0.25) is 11.8 Å². The fraction of sp³-hybridized carbons (Fsp3) is 0.692. The van der Waals surface area contributed by atoms with Crippen LogP contribution in [0.4, 0.5) is 0 Å². The van der Waals surface area contributed by atoms with E-state index in [1.54, 1.807) is 0 Å². The van der Waals surface area contributed by atoms with E-state index in [4.69, 9.17) is 0 Å².